The highest BCUT2D eigenvalue weighted by molar-refractivity contribution is 7.98. The number of thioether (sulfide) groups is 2. The lowest BCUT2D eigenvalue weighted by Crippen LogP contribution is -2.30. The van der Waals surface area contributed by atoms with Crippen LogP contribution in [0.25, 0.3) is 0 Å². The summed E-state index contributed by atoms with van der Waals surface area (Å²) in [5, 5.41) is 16.5. The molecule has 0 amide bonds. The first kappa shape index (κ1) is 24.9. The van der Waals surface area contributed by atoms with Crippen LogP contribution < -0.4 is 11.5 Å². The standard InChI is InChI=1S/2C5H11NO2S.C4H4N2/c2*1-9-3-2-4(6)5(7)8;1-2-5-4-6-3-1/h2*4H,2-3,6H2,1H3,(H,7,8);1-4H. The van der Waals surface area contributed by atoms with E-state index >= 15 is 0 Å². The first-order valence-electron chi connectivity index (χ1n) is 7.01. The molecule has 24 heavy (non-hydrogen) atoms. The third kappa shape index (κ3) is 18.7. The van der Waals surface area contributed by atoms with E-state index in [1.54, 1.807) is 42.0 Å². The second kappa shape index (κ2) is 18.0. The van der Waals surface area contributed by atoms with E-state index in [-0.39, 0.29) is 0 Å². The maximum Gasteiger partial charge on any atom is 0.320 e. The Morgan fingerprint density at radius 3 is 1.50 bits per heavy atom. The molecule has 6 N–H and O–H groups in total. The Labute approximate surface area is 150 Å². The van der Waals surface area contributed by atoms with E-state index in [1.807, 2.05) is 12.5 Å². The van der Waals surface area contributed by atoms with Gasteiger partial charge in [0.25, 0.3) is 0 Å². The van der Waals surface area contributed by atoms with Crippen molar-refractivity contribution in [2.75, 3.05) is 24.0 Å². The van der Waals surface area contributed by atoms with Crippen LogP contribution in [0.2, 0.25) is 0 Å². The molecule has 8 nitrogen and oxygen atoms in total. The Balaban J connectivity index is 0. The third-order valence-electron chi connectivity index (χ3n) is 2.38. The summed E-state index contributed by atoms with van der Waals surface area (Å²) in [6.45, 7) is 0. The molecule has 2 unspecified atom stereocenters. The van der Waals surface area contributed by atoms with Crippen molar-refractivity contribution in [2.45, 2.75) is 24.9 Å². The van der Waals surface area contributed by atoms with Gasteiger partial charge in [0.05, 0.1) is 0 Å². The quantitative estimate of drug-likeness (QED) is 0.510. The second-order valence-electron chi connectivity index (χ2n) is 4.36. The fraction of sp³-hybridized carbons (Fsp3) is 0.571. The number of carbonyl (C=O) groups is 2. The first-order valence-corrected chi connectivity index (χ1v) is 9.80. The van der Waals surface area contributed by atoms with Crippen LogP contribution in [0.15, 0.2) is 24.8 Å². The van der Waals surface area contributed by atoms with Gasteiger partial charge in [-0.1, -0.05) is 0 Å². The zero-order chi connectivity index (χ0) is 18.8. The van der Waals surface area contributed by atoms with Gasteiger partial charge in [0.1, 0.15) is 18.4 Å². The van der Waals surface area contributed by atoms with Gasteiger partial charge in [0.2, 0.25) is 0 Å². The minimum Gasteiger partial charge on any atom is -0.480 e. The average molecular weight is 379 g/mol. The Hall–Kier alpha value is -1.36. The number of hydrogen-bond acceptors (Lipinski definition) is 8. The van der Waals surface area contributed by atoms with E-state index in [9.17, 15) is 9.59 Å². The highest BCUT2D eigenvalue weighted by Gasteiger charge is 2.09. The van der Waals surface area contributed by atoms with Gasteiger partial charge in [-0.3, -0.25) is 9.59 Å². The summed E-state index contributed by atoms with van der Waals surface area (Å²) in [5.41, 5.74) is 10.4. The number of nitrogens with zero attached hydrogens (tertiary/aromatic N) is 2. The van der Waals surface area contributed by atoms with Gasteiger partial charge in [0, 0.05) is 12.4 Å². The summed E-state index contributed by atoms with van der Waals surface area (Å²) in [6, 6.07) is 0.412. The SMILES string of the molecule is CSCCC(N)C(=O)O.CSCCC(N)C(=O)O.c1cncnc1. The van der Waals surface area contributed by atoms with Crippen molar-refractivity contribution < 1.29 is 19.8 Å². The molecule has 0 spiro atoms. The summed E-state index contributed by atoms with van der Waals surface area (Å²) >= 11 is 3.21. The van der Waals surface area contributed by atoms with Gasteiger partial charge in [-0.05, 0) is 42.9 Å². The van der Waals surface area contributed by atoms with Gasteiger partial charge in [0.15, 0.2) is 0 Å². The number of aromatic nitrogens is 2. The third-order valence-corrected chi connectivity index (χ3v) is 3.67. The molecule has 0 radical (unpaired) electrons. The lowest BCUT2D eigenvalue weighted by atomic mass is 10.2. The molecule has 0 saturated carbocycles. The Bertz CT molecular complexity index is 376. The van der Waals surface area contributed by atoms with E-state index < -0.39 is 24.0 Å². The summed E-state index contributed by atoms with van der Waals surface area (Å²) in [7, 11) is 0. The maximum absolute atomic E-state index is 10.1. The largest absolute Gasteiger partial charge is 0.480 e. The van der Waals surface area contributed by atoms with E-state index in [0.29, 0.717) is 12.8 Å². The lowest BCUT2D eigenvalue weighted by molar-refractivity contribution is -0.139. The highest BCUT2D eigenvalue weighted by atomic mass is 32.2. The van der Waals surface area contributed by atoms with Crippen molar-refractivity contribution in [3.8, 4) is 0 Å². The molecule has 0 bridgehead atoms. The number of carboxylic acids is 2. The zero-order valence-electron chi connectivity index (χ0n) is 13.9. The second-order valence-corrected chi connectivity index (χ2v) is 6.33. The van der Waals surface area contributed by atoms with Gasteiger partial charge < -0.3 is 21.7 Å². The van der Waals surface area contributed by atoms with Crippen molar-refractivity contribution >= 4 is 35.5 Å². The van der Waals surface area contributed by atoms with E-state index in [2.05, 4.69) is 9.97 Å². The fourth-order valence-corrected chi connectivity index (χ4v) is 1.97. The molecule has 1 aromatic heterocycles. The van der Waals surface area contributed by atoms with Crippen LogP contribution in [-0.2, 0) is 9.59 Å². The van der Waals surface area contributed by atoms with E-state index in [0.717, 1.165) is 11.5 Å². The van der Waals surface area contributed by atoms with Crippen LogP contribution in [0.3, 0.4) is 0 Å². The molecular formula is C14H26N4O4S2. The van der Waals surface area contributed by atoms with Crippen LogP contribution in [0.4, 0.5) is 0 Å². The van der Waals surface area contributed by atoms with Crippen LogP contribution in [0.1, 0.15) is 12.8 Å². The summed E-state index contributed by atoms with van der Waals surface area (Å²) in [5.74, 6) is -0.200. The number of nitrogens with two attached hydrogens (primary N) is 2. The Kier molecular flexibility index (Phi) is 18.7. The van der Waals surface area contributed by atoms with Crippen molar-refractivity contribution in [3.05, 3.63) is 24.8 Å². The first-order chi connectivity index (χ1) is 11.4. The average Bonchev–Trinajstić information content (AvgIpc) is 2.59. The molecule has 0 saturated heterocycles. The minimum absolute atomic E-state index is 0.552. The zero-order valence-corrected chi connectivity index (χ0v) is 15.5. The number of hydrogen-bond donors (Lipinski definition) is 4. The molecule has 0 aliphatic rings. The predicted octanol–water partition coefficient (Wildman–Crippen LogP) is 0.779. The topological polar surface area (TPSA) is 152 Å². The van der Waals surface area contributed by atoms with Crippen molar-refractivity contribution in [2.24, 2.45) is 11.5 Å². The van der Waals surface area contributed by atoms with E-state index in [4.69, 9.17) is 21.7 Å². The molecule has 0 fully saturated rings. The molecule has 2 atom stereocenters. The number of rotatable bonds is 8. The highest BCUT2D eigenvalue weighted by Crippen LogP contribution is 1.98. The lowest BCUT2D eigenvalue weighted by Gasteiger charge is -2.02. The maximum atomic E-state index is 10.1. The van der Waals surface area contributed by atoms with Gasteiger partial charge in [-0.25, -0.2) is 9.97 Å². The van der Waals surface area contributed by atoms with Crippen LogP contribution >= 0.6 is 23.5 Å². The van der Waals surface area contributed by atoms with Gasteiger partial charge >= 0.3 is 11.9 Å². The van der Waals surface area contributed by atoms with Crippen LogP contribution in [0, 0.1) is 0 Å². The molecule has 1 heterocycles. The van der Waals surface area contributed by atoms with Gasteiger partial charge in [-0.2, -0.15) is 23.5 Å². The molecule has 0 aromatic carbocycles. The Morgan fingerprint density at radius 2 is 1.33 bits per heavy atom. The van der Waals surface area contributed by atoms with Gasteiger partial charge in [-0.15, -0.1) is 0 Å². The normalized spacial score (nSPS) is 11.8. The molecule has 1 rings (SSSR count). The smallest absolute Gasteiger partial charge is 0.320 e. The van der Waals surface area contributed by atoms with Crippen LogP contribution in [0.5, 0.6) is 0 Å². The number of carboxylic acid groups (broad SMARTS) is 2. The minimum atomic E-state index is -0.913. The summed E-state index contributed by atoms with van der Waals surface area (Å²) in [4.78, 5) is 27.5. The van der Waals surface area contributed by atoms with Crippen LogP contribution in [-0.4, -0.2) is 68.2 Å². The molecule has 10 heteroatoms. The fourth-order valence-electron chi connectivity index (χ4n) is 0.990. The summed E-state index contributed by atoms with van der Waals surface area (Å²) in [6.07, 6.45) is 9.83. The predicted molar refractivity (Wildman–Crippen MR) is 99.3 cm³/mol. The van der Waals surface area contributed by atoms with Crippen molar-refractivity contribution in [1.82, 2.24) is 9.97 Å². The Morgan fingerprint density at radius 1 is 0.958 bits per heavy atom. The number of aliphatic carboxylic acids is 2. The van der Waals surface area contributed by atoms with Crippen molar-refractivity contribution in [3.63, 3.8) is 0 Å². The molecule has 0 aliphatic carbocycles. The molecule has 138 valence electrons. The molecule has 1 aromatic rings. The molecular weight excluding hydrogens is 352 g/mol. The summed E-state index contributed by atoms with van der Waals surface area (Å²) < 4.78 is 0. The van der Waals surface area contributed by atoms with E-state index in [1.165, 1.54) is 6.33 Å². The van der Waals surface area contributed by atoms with Crippen molar-refractivity contribution in [1.29, 1.82) is 0 Å². The molecule has 0 aliphatic heterocycles. The monoisotopic (exact) mass is 378 g/mol.